The van der Waals surface area contributed by atoms with Crippen LogP contribution in [0.1, 0.15) is 6.92 Å². The maximum atomic E-state index is 11.3. The first-order valence-corrected chi connectivity index (χ1v) is 4.19. The Hall–Kier alpha value is -1.55. The van der Waals surface area contributed by atoms with E-state index in [9.17, 15) is 4.79 Å². The summed E-state index contributed by atoms with van der Waals surface area (Å²) in [5.74, 6) is 0. The van der Waals surface area contributed by atoms with Crippen molar-refractivity contribution in [2.45, 2.75) is 13.1 Å². The highest BCUT2D eigenvalue weighted by Gasteiger charge is 2.25. The van der Waals surface area contributed by atoms with E-state index in [2.05, 4.69) is 10.7 Å². The maximum Gasteiger partial charge on any atom is 0.337 e. The van der Waals surface area contributed by atoms with Crippen LogP contribution in [0.4, 0.5) is 10.5 Å². The van der Waals surface area contributed by atoms with Gasteiger partial charge in [-0.05, 0) is 19.1 Å². The molecular formula is C9H11N3O. The van der Waals surface area contributed by atoms with Crippen molar-refractivity contribution in [3.05, 3.63) is 30.3 Å². The molecule has 1 aromatic rings. The molecule has 1 unspecified atom stereocenters. The van der Waals surface area contributed by atoms with E-state index in [0.29, 0.717) is 0 Å². The molecule has 2 N–H and O–H groups in total. The zero-order valence-corrected chi connectivity index (χ0v) is 7.32. The Bertz CT molecular complexity index is 312. The molecule has 13 heavy (non-hydrogen) atoms. The van der Waals surface area contributed by atoms with Crippen molar-refractivity contribution in [3.8, 4) is 0 Å². The van der Waals surface area contributed by atoms with E-state index in [0.717, 1.165) is 5.69 Å². The van der Waals surface area contributed by atoms with E-state index >= 15 is 0 Å². The van der Waals surface area contributed by atoms with Crippen LogP contribution >= 0.6 is 0 Å². The second-order valence-corrected chi connectivity index (χ2v) is 2.97. The van der Waals surface area contributed by atoms with Crippen molar-refractivity contribution >= 4 is 11.7 Å². The first kappa shape index (κ1) is 8.07. The van der Waals surface area contributed by atoms with Gasteiger partial charge < -0.3 is 5.32 Å². The van der Waals surface area contributed by atoms with Crippen LogP contribution in [-0.2, 0) is 0 Å². The van der Waals surface area contributed by atoms with Gasteiger partial charge in [0, 0.05) is 0 Å². The Kier molecular flexibility index (Phi) is 1.90. The molecule has 1 fully saturated rings. The van der Waals surface area contributed by atoms with Crippen molar-refractivity contribution in [3.63, 3.8) is 0 Å². The molecule has 2 rings (SSSR count). The topological polar surface area (TPSA) is 44.4 Å². The van der Waals surface area contributed by atoms with Gasteiger partial charge in [-0.3, -0.25) is 0 Å². The number of rotatable bonds is 1. The number of hydrogen-bond acceptors (Lipinski definition) is 2. The Morgan fingerprint density at radius 3 is 2.54 bits per heavy atom. The minimum absolute atomic E-state index is 0.00675. The number of carbonyl (C=O) groups excluding carboxylic acids is 1. The summed E-state index contributed by atoms with van der Waals surface area (Å²) in [7, 11) is 0. The summed E-state index contributed by atoms with van der Waals surface area (Å²) in [5, 5.41) is 4.25. The van der Waals surface area contributed by atoms with Gasteiger partial charge in [-0.1, -0.05) is 18.2 Å². The molecule has 1 heterocycles. The molecule has 0 saturated carbocycles. The number of para-hydroxylation sites is 1. The fourth-order valence-corrected chi connectivity index (χ4v) is 1.30. The number of hydrazine groups is 1. The molecule has 1 aromatic carbocycles. The lowest BCUT2D eigenvalue weighted by molar-refractivity contribution is 0.251. The molecule has 0 aromatic heterocycles. The molecule has 4 nitrogen and oxygen atoms in total. The van der Waals surface area contributed by atoms with E-state index in [-0.39, 0.29) is 12.2 Å². The molecular weight excluding hydrogens is 166 g/mol. The molecule has 0 bridgehead atoms. The van der Waals surface area contributed by atoms with Crippen molar-refractivity contribution in [2.24, 2.45) is 0 Å². The average Bonchev–Trinajstić information content (AvgIpc) is 2.47. The van der Waals surface area contributed by atoms with Gasteiger partial charge in [0.1, 0.15) is 0 Å². The molecule has 1 atom stereocenters. The Labute approximate surface area is 76.5 Å². The quantitative estimate of drug-likeness (QED) is 0.673. The molecule has 68 valence electrons. The number of carbonyl (C=O) groups is 1. The fraction of sp³-hybridized carbons (Fsp3) is 0.222. The Morgan fingerprint density at radius 1 is 1.31 bits per heavy atom. The third-order valence-electron chi connectivity index (χ3n) is 1.88. The van der Waals surface area contributed by atoms with Crippen LogP contribution in [0.2, 0.25) is 0 Å². The van der Waals surface area contributed by atoms with Gasteiger partial charge >= 0.3 is 6.03 Å². The molecule has 1 aliphatic heterocycles. The summed E-state index contributed by atoms with van der Waals surface area (Å²) in [6, 6.07) is 9.36. The van der Waals surface area contributed by atoms with E-state index in [1.165, 1.54) is 5.01 Å². The number of anilines is 1. The fourth-order valence-electron chi connectivity index (χ4n) is 1.30. The van der Waals surface area contributed by atoms with Crippen LogP contribution < -0.4 is 15.8 Å². The van der Waals surface area contributed by atoms with Crippen molar-refractivity contribution in [1.82, 2.24) is 10.7 Å². The largest absolute Gasteiger partial charge is 0.337 e. The zero-order chi connectivity index (χ0) is 9.26. The van der Waals surface area contributed by atoms with Gasteiger partial charge in [0.2, 0.25) is 0 Å². The first-order chi connectivity index (χ1) is 6.27. The first-order valence-electron chi connectivity index (χ1n) is 4.19. The maximum absolute atomic E-state index is 11.3. The van der Waals surface area contributed by atoms with Crippen molar-refractivity contribution < 1.29 is 4.79 Å². The predicted molar refractivity (Wildman–Crippen MR) is 50.1 cm³/mol. The number of amides is 2. The Morgan fingerprint density at radius 2 is 2.00 bits per heavy atom. The number of nitrogens with one attached hydrogen (secondary N) is 2. The minimum atomic E-state index is -0.112. The van der Waals surface area contributed by atoms with Crippen LogP contribution in [0.15, 0.2) is 30.3 Å². The smallest absolute Gasteiger partial charge is 0.320 e. The lowest BCUT2D eigenvalue weighted by Crippen LogP contribution is -2.35. The number of hydrogen-bond donors (Lipinski definition) is 2. The summed E-state index contributed by atoms with van der Waals surface area (Å²) in [6.45, 7) is 1.89. The minimum Gasteiger partial charge on any atom is -0.320 e. The van der Waals surface area contributed by atoms with E-state index in [1.807, 2.05) is 37.3 Å². The van der Waals surface area contributed by atoms with Gasteiger partial charge in [-0.25, -0.2) is 15.2 Å². The van der Waals surface area contributed by atoms with Crippen LogP contribution in [0.25, 0.3) is 0 Å². The third-order valence-corrected chi connectivity index (χ3v) is 1.88. The molecule has 0 aliphatic carbocycles. The molecule has 0 spiro atoms. The molecule has 1 saturated heterocycles. The second kappa shape index (κ2) is 3.06. The lowest BCUT2D eigenvalue weighted by Gasteiger charge is -2.14. The second-order valence-electron chi connectivity index (χ2n) is 2.97. The highest BCUT2D eigenvalue weighted by atomic mass is 16.2. The number of urea groups is 1. The summed E-state index contributed by atoms with van der Waals surface area (Å²) >= 11 is 0. The summed E-state index contributed by atoms with van der Waals surface area (Å²) in [5.41, 5.74) is 3.84. The molecule has 4 heteroatoms. The van der Waals surface area contributed by atoms with Crippen LogP contribution in [0.5, 0.6) is 0 Å². The molecule has 0 radical (unpaired) electrons. The van der Waals surface area contributed by atoms with Gasteiger partial charge in [-0.2, -0.15) is 0 Å². The highest BCUT2D eigenvalue weighted by Crippen LogP contribution is 2.13. The van der Waals surface area contributed by atoms with Gasteiger partial charge in [0.15, 0.2) is 0 Å². The van der Waals surface area contributed by atoms with Gasteiger partial charge in [-0.15, -0.1) is 0 Å². The predicted octanol–water partition coefficient (Wildman–Crippen LogP) is 1.07. The zero-order valence-electron chi connectivity index (χ0n) is 7.32. The summed E-state index contributed by atoms with van der Waals surface area (Å²) in [4.78, 5) is 11.3. The lowest BCUT2D eigenvalue weighted by atomic mass is 10.3. The highest BCUT2D eigenvalue weighted by molar-refractivity contribution is 5.92. The number of benzene rings is 1. The van der Waals surface area contributed by atoms with Crippen LogP contribution in [-0.4, -0.2) is 12.2 Å². The summed E-state index contributed by atoms with van der Waals surface area (Å²) in [6.07, 6.45) is -0.00675. The number of nitrogens with zero attached hydrogens (tertiary/aromatic N) is 1. The standard InChI is InChI=1S/C9H11N3O/c1-7-10-9(13)12(11-7)8-5-3-2-4-6-8/h2-7,11H,1H3,(H,10,13). The van der Waals surface area contributed by atoms with Crippen LogP contribution in [0.3, 0.4) is 0 Å². The summed E-state index contributed by atoms with van der Waals surface area (Å²) < 4.78 is 0. The monoisotopic (exact) mass is 177 g/mol. The van der Waals surface area contributed by atoms with Gasteiger partial charge in [0.25, 0.3) is 0 Å². The third kappa shape index (κ3) is 1.48. The van der Waals surface area contributed by atoms with E-state index in [1.54, 1.807) is 0 Å². The van der Waals surface area contributed by atoms with E-state index in [4.69, 9.17) is 0 Å². The molecule has 1 aliphatic rings. The molecule has 2 amide bonds. The van der Waals surface area contributed by atoms with E-state index < -0.39 is 0 Å². The SMILES string of the molecule is CC1NC(=O)N(c2ccccc2)N1. The van der Waals surface area contributed by atoms with Crippen LogP contribution in [0, 0.1) is 0 Å². The van der Waals surface area contributed by atoms with Gasteiger partial charge in [0.05, 0.1) is 11.9 Å². The Balaban J connectivity index is 2.23. The average molecular weight is 177 g/mol. The van der Waals surface area contributed by atoms with Crippen molar-refractivity contribution in [2.75, 3.05) is 5.01 Å². The normalized spacial score (nSPS) is 21.8. The van der Waals surface area contributed by atoms with Crippen molar-refractivity contribution in [1.29, 1.82) is 0 Å².